The Morgan fingerprint density at radius 2 is 1.87 bits per heavy atom. The maximum atomic E-state index is 12.3. The molecule has 2 aromatic rings. The van der Waals surface area contributed by atoms with Crippen molar-refractivity contribution in [3.63, 3.8) is 0 Å². The fourth-order valence-corrected chi connectivity index (χ4v) is 2.23. The lowest BCUT2D eigenvalue weighted by atomic mass is 9.95. The van der Waals surface area contributed by atoms with Gasteiger partial charge in [0.15, 0.2) is 0 Å². The molecule has 0 saturated carbocycles. The summed E-state index contributed by atoms with van der Waals surface area (Å²) in [6, 6.07) is 12.9. The van der Waals surface area contributed by atoms with Gasteiger partial charge < -0.3 is 10.4 Å². The summed E-state index contributed by atoms with van der Waals surface area (Å²) in [5, 5.41) is 11.9. The van der Waals surface area contributed by atoms with Crippen LogP contribution in [0.2, 0.25) is 0 Å². The number of carbonyl (C=O) groups excluding carboxylic acids is 1. The van der Waals surface area contributed by atoms with E-state index in [-0.39, 0.29) is 11.6 Å². The second-order valence-electron chi connectivity index (χ2n) is 6.06. The molecule has 0 spiro atoms. The van der Waals surface area contributed by atoms with Crippen molar-refractivity contribution in [3.8, 4) is 0 Å². The predicted octanol–water partition coefficient (Wildman–Crippen LogP) is 2.92. The summed E-state index contributed by atoms with van der Waals surface area (Å²) in [6.45, 7) is 3.90. The number of rotatable bonds is 6. The van der Waals surface area contributed by atoms with Gasteiger partial charge in [-0.25, -0.2) is 9.78 Å². The van der Waals surface area contributed by atoms with Crippen LogP contribution in [0.4, 0.5) is 0 Å². The topological polar surface area (TPSA) is 79.3 Å². The number of carboxylic acids is 1. The van der Waals surface area contributed by atoms with Crippen LogP contribution in [0.1, 0.15) is 46.7 Å². The molecule has 5 nitrogen and oxygen atoms in total. The average molecular weight is 312 g/mol. The fraction of sp³-hybridized carbons (Fsp3) is 0.278. The molecule has 0 atom stereocenters. The summed E-state index contributed by atoms with van der Waals surface area (Å²) in [6.07, 6.45) is 2.96. The molecule has 0 fully saturated rings. The highest BCUT2D eigenvalue weighted by Gasteiger charge is 2.21. The van der Waals surface area contributed by atoms with Gasteiger partial charge >= 0.3 is 5.97 Å². The van der Waals surface area contributed by atoms with Gasteiger partial charge in [-0.05, 0) is 44.4 Å². The highest BCUT2D eigenvalue weighted by Crippen LogP contribution is 2.15. The summed E-state index contributed by atoms with van der Waals surface area (Å²) in [5.74, 6) is -1.45. The minimum Gasteiger partial charge on any atom is -0.477 e. The number of amides is 1. The number of nitrogens with zero attached hydrogens (tertiary/aromatic N) is 1. The third kappa shape index (κ3) is 4.92. The van der Waals surface area contributed by atoms with Crippen LogP contribution in [0.5, 0.6) is 0 Å². The zero-order chi connectivity index (χ0) is 16.9. The normalized spacial score (nSPS) is 11.0. The van der Waals surface area contributed by atoms with Gasteiger partial charge in [-0.15, -0.1) is 0 Å². The lowest BCUT2D eigenvalue weighted by Gasteiger charge is -2.26. The Labute approximate surface area is 135 Å². The second kappa shape index (κ2) is 7.05. The van der Waals surface area contributed by atoms with Crippen molar-refractivity contribution in [1.82, 2.24) is 10.3 Å². The van der Waals surface area contributed by atoms with E-state index in [1.165, 1.54) is 23.9 Å². The maximum Gasteiger partial charge on any atom is 0.354 e. The Balaban J connectivity index is 2.00. The number of pyridine rings is 1. The lowest BCUT2D eigenvalue weighted by molar-refractivity contribution is 0.0690. The van der Waals surface area contributed by atoms with Gasteiger partial charge in [-0.1, -0.05) is 30.3 Å². The number of carboxylic acid groups (broad SMARTS) is 1. The summed E-state index contributed by atoms with van der Waals surface area (Å²) in [5.41, 5.74) is 0.969. The van der Waals surface area contributed by atoms with E-state index in [1.807, 2.05) is 32.0 Å². The van der Waals surface area contributed by atoms with E-state index < -0.39 is 11.5 Å². The largest absolute Gasteiger partial charge is 0.477 e. The molecule has 0 radical (unpaired) electrons. The molecule has 1 aromatic carbocycles. The molecule has 0 saturated heterocycles. The van der Waals surface area contributed by atoms with Crippen molar-refractivity contribution in [3.05, 3.63) is 65.5 Å². The first-order valence-electron chi connectivity index (χ1n) is 7.43. The van der Waals surface area contributed by atoms with Crippen LogP contribution in [-0.4, -0.2) is 27.5 Å². The van der Waals surface area contributed by atoms with Gasteiger partial charge in [0.1, 0.15) is 5.69 Å². The number of nitrogens with one attached hydrogen (secondary N) is 1. The molecule has 0 aliphatic heterocycles. The third-order valence-electron chi connectivity index (χ3n) is 3.57. The molecule has 1 heterocycles. The van der Waals surface area contributed by atoms with E-state index in [1.54, 1.807) is 0 Å². The Hall–Kier alpha value is -2.69. The second-order valence-corrected chi connectivity index (χ2v) is 6.06. The van der Waals surface area contributed by atoms with Crippen LogP contribution in [0.15, 0.2) is 48.7 Å². The molecule has 1 amide bonds. The van der Waals surface area contributed by atoms with Gasteiger partial charge in [0, 0.05) is 17.3 Å². The minimum absolute atomic E-state index is 0.139. The zero-order valence-corrected chi connectivity index (χ0v) is 13.2. The number of carbonyl (C=O) groups is 2. The zero-order valence-electron chi connectivity index (χ0n) is 13.2. The molecule has 120 valence electrons. The molecule has 0 aliphatic rings. The molecule has 1 aromatic heterocycles. The number of hydrogen-bond donors (Lipinski definition) is 2. The van der Waals surface area contributed by atoms with Crippen molar-refractivity contribution >= 4 is 11.9 Å². The Morgan fingerprint density at radius 1 is 1.17 bits per heavy atom. The van der Waals surface area contributed by atoms with Crippen molar-refractivity contribution in [1.29, 1.82) is 0 Å². The van der Waals surface area contributed by atoms with E-state index >= 15 is 0 Å². The smallest absolute Gasteiger partial charge is 0.354 e. The quantitative estimate of drug-likeness (QED) is 0.859. The Kier molecular flexibility index (Phi) is 5.11. The van der Waals surface area contributed by atoms with Gasteiger partial charge in [-0.2, -0.15) is 0 Å². The van der Waals surface area contributed by atoms with E-state index in [4.69, 9.17) is 5.11 Å². The molecule has 0 unspecified atom stereocenters. The molecule has 0 aliphatic carbocycles. The number of benzene rings is 1. The SMILES string of the molecule is CC(C)(CCc1ccccc1)NC(=O)c1ccnc(C(=O)O)c1. The molecule has 2 rings (SSSR count). The highest BCUT2D eigenvalue weighted by molar-refractivity contribution is 5.96. The highest BCUT2D eigenvalue weighted by atomic mass is 16.4. The summed E-state index contributed by atoms with van der Waals surface area (Å²) < 4.78 is 0. The van der Waals surface area contributed by atoms with Crippen molar-refractivity contribution in [2.45, 2.75) is 32.2 Å². The minimum atomic E-state index is -1.15. The van der Waals surface area contributed by atoms with E-state index in [9.17, 15) is 9.59 Å². The van der Waals surface area contributed by atoms with E-state index in [0.717, 1.165) is 12.8 Å². The standard InChI is InChI=1S/C18H20N2O3/c1-18(2,10-8-13-6-4-3-5-7-13)20-16(21)14-9-11-19-15(12-14)17(22)23/h3-7,9,11-12H,8,10H2,1-2H3,(H,20,21)(H,22,23). The van der Waals surface area contributed by atoms with Crippen LogP contribution in [0, 0.1) is 0 Å². The van der Waals surface area contributed by atoms with Crippen LogP contribution in [-0.2, 0) is 6.42 Å². The Bertz CT molecular complexity index is 696. The van der Waals surface area contributed by atoms with Crippen LogP contribution >= 0.6 is 0 Å². The molecule has 0 bridgehead atoms. The third-order valence-corrected chi connectivity index (χ3v) is 3.57. The van der Waals surface area contributed by atoms with E-state index in [2.05, 4.69) is 22.4 Å². The first kappa shape index (κ1) is 16.7. The van der Waals surface area contributed by atoms with Crippen LogP contribution in [0.25, 0.3) is 0 Å². The van der Waals surface area contributed by atoms with Crippen molar-refractivity contribution in [2.75, 3.05) is 0 Å². The van der Waals surface area contributed by atoms with Gasteiger partial charge in [0.2, 0.25) is 0 Å². The fourth-order valence-electron chi connectivity index (χ4n) is 2.23. The first-order valence-corrected chi connectivity index (χ1v) is 7.43. The van der Waals surface area contributed by atoms with Crippen molar-refractivity contribution in [2.24, 2.45) is 0 Å². The molecule has 5 heteroatoms. The lowest BCUT2D eigenvalue weighted by Crippen LogP contribution is -2.43. The maximum absolute atomic E-state index is 12.3. The summed E-state index contributed by atoms with van der Waals surface area (Å²) in [7, 11) is 0. The number of aromatic nitrogens is 1. The van der Waals surface area contributed by atoms with E-state index in [0.29, 0.717) is 5.56 Å². The van der Waals surface area contributed by atoms with Gasteiger partial charge in [0.05, 0.1) is 0 Å². The monoisotopic (exact) mass is 312 g/mol. The van der Waals surface area contributed by atoms with Crippen molar-refractivity contribution < 1.29 is 14.7 Å². The Morgan fingerprint density at radius 3 is 2.52 bits per heavy atom. The van der Waals surface area contributed by atoms with Crippen LogP contribution < -0.4 is 5.32 Å². The van der Waals surface area contributed by atoms with Crippen LogP contribution in [0.3, 0.4) is 0 Å². The summed E-state index contributed by atoms with van der Waals surface area (Å²) >= 11 is 0. The number of aromatic carboxylic acids is 1. The van der Waals surface area contributed by atoms with Gasteiger partial charge in [0.25, 0.3) is 5.91 Å². The molecule has 23 heavy (non-hydrogen) atoms. The molecular formula is C18H20N2O3. The molecule has 2 N–H and O–H groups in total. The summed E-state index contributed by atoms with van der Waals surface area (Å²) in [4.78, 5) is 27.0. The van der Waals surface area contributed by atoms with Gasteiger partial charge in [-0.3, -0.25) is 4.79 Å². The number of hydrogen-bond acceptors (Lipinski definition) is 3. The number of aryl methyl sites for hydroxylation is 1. The average Bonchev–Trinajstić information content (AvgIpc) is 2.54. The first-order chi connectivity index (χ1) is 10.9. The molecular weight excluding hydrogens is 292 g/mol. The predicted molar refractivity (Wildman–Crippen MR) is 87.5 cm³/mol.